The van der Waals surface area contributed by atoms with Gasteiger partial charge in [-0.15, -0.1) is 0 Å². The SMILES string of the molecule is CC(C)(C)CC(C)(C)Nc1cc(CN2CCOCC2)nc(Cl)n1. The quantitative estimate of drug-likeness (QED) is 0.830. The van der Waals surface area contributed by atoms with Gasteiger partial charge in [0.2, 0.25) is 5.28 Å². The van der Waals surface area contributed by atoms with Crippen molar-refractivity contribution in [3.8, 4) is 0 Å². The first-order chi connectivity index (χ1) is 10.6. The predicted octanol–water partition coefficient (Wildman–Crippen LogP) is 3.59. The number of morpholine rings is 1. The van der Waals surface area contributed by atoms with E-state index in [1.807, 2.05) is 6.07 Å². The Morgan fingerprint density at radius 2 is 1.83 bits per heavy atom. The molecule has 0 unspecified atom stereocenters. The molecule has 1 fully saturated rings. The molecular formula is C17H29ClN4O. The van der Waals surface area contributed by atoms with E-state index in [0.29, 0.717) is 5.28 Å². The van der Waals surface area contributed by atoms with E-state index in [4.69, 9.17) is 16.3 Å². The summed E-state index contributed by atoms with van der Waals surface area (Å²) < 4.78 is 5.38. The van der Waals surface area contributed by atoms with Crippen molar-refractivity contribution in [2.75, 3.05) is 31.6 Å². The molecule has 2 rings (SSSR count). The van der Waals surface area contributed by atoms with E-state index in [1.165, 1.54) is 0 Å². The third kappa shape index (κ3) is 6.61. The Morgan fingerprint density at radius 3 is 2.43 bits per heavy atom. The maximum Gasteiger partial charge on any atom is 0.224 e. The Balaban J connectivity index is 2.07. The lowest BCUT2D eigenvalue weighted by atomic mass is 9.82. The zero-order valence-electron chi connectivity index (χ0n) is 14.9. The van der Waals surface area contributed by atoms with Crippen molar-refractivity contribution in [2.45, 2.75) is 53.1 Å². The first kappa shape index (κ1) is 18.4. The third-order valence-electron chi connectivity index (χ3n) is 3.68. The summed E-state index contributed by atoms with van der Waals surface area (Å²) in [5.74, 6) is 0.794. The molecule has 0 atom stereocenters. The van der Waals surface area contributed by atoms with Crippen molar-refractivity contribution in [1.82, 2.24) is 14.9 Å². The van der Waals surface area contributed by atoms with Crippen LogP contribution in [0.3, 0.4) is 0 Å². The summed E-state index contributed by atoms with van der Waals surface area (Å²) in [7, 11) is 0. The van der Waals surface area contributed by atoms with Crippen LogP contribution in [0, 0.1) is 5.41 Å². The van der Waals surface area contributed by atoms with Crippen molar-refractivity contribution < 1.29 is 4.74 Å². The molecule has 0 radical (unpaired) electrons. The van der Waals surface area contributed by atoms with Crippen molar-refractivity contribution >= 4 is 17.4 Å². The van der Waals surface area contributed by atoms with Gasteiger partial charge in [0.25, 0.3) is 0 Å². The Bertz CT molecular complexity index is 522. The van der Waals surface area contributed by atoms with Crippen molar-refractivity contribution in [1.29, 1.82) is 0 Å². The van der Waals surface area contributed by atoms with Crippen LogP contribution in [0.25, 0.3) is 0 Å². The molecule has 2 heterocycles. The van der Waals surface area contributed by atoms with E-state index >= 15 is 0 Å². The zero-order chi connectivity index (χ0) is 17.1. The number of rotatable bonds is 5. The highest BCUT2D eigenvalue weighted by Crippen LogP contribution is 2.29. The highest BCUT2D eigenvalue weighted by Gasteiger charge is 2.26. The maximum absolute atomic E-state index is 6.12. The number of aromatic nitrogens is 2. The van der Waals surface area contributed by atoms with Crippen LogP contribution >= 0.6 is 11.6 Å². The van der Waals surface area contributed by atoms with Gasteiger partial charge in [0.05, 0.1) is 18.9 Å². The van der Waals surface area contributed by atoms with E-state index in [0.717, 1.165) is 50.8 Å². The molecule has 1 aromatic rings. The van der Waals surface area contributed by atoms with Gasteiger partial charge in [0, 0.05) is 31.2 Å². The van der Waals surface area contributed by atoms with E-state index in [-0.39, 0.29) is 11.0 Å². The van der Waals surface area contributed by atoms with Gasteiger partial charge in [-0.05, 0) is 37.3 Å². The summed E-state index contributed by atoms with van der Waals surface area (Å²) in [5, 5.41) is 3.81. The third-order valence-corrected chi connectivity index (χ3v) is 3.85. The Morgan fingerprint density at radius 1 is 1.17 bits per heavy atom. The molecule has 0 aliphatic carbocycles. The van der Waals surface area contributed by atoms with Crippen LogP contribution < -0.4 is 5.32 Å². The van der Waals surface area contributed by atoms with Crippen LogP contribution in [0.1, 0.15) is 46.7 Å². The van der Waals surface area contributed by atoms with Gasteiger partial charge >= 0.3 is 0 Å². The normalized spacial score (nSPS) is 17.3. The summed E-state index contributed by atoms with van der Waals surface area (Å²) >= 11 is 6.12. The lowest BCUT2D eigenvalue weighted by molar-refractivity contribution is 0.0336. The number of ether oxygens (including phenoxy) is 1. The molecule has 1 aliphatic rings. The molecule has 1 aliphatic heterocycles. The van der Waals surface area contributed by atoms with E-state index in [9.17, 15) is 0 Å². The Hall–Kier alpha value is -0.910. The Labute approximate surface area is 144 Å². The second kappa shape index (κ2) is 7.32. The summed E-state index contributed by atoms with van der Waals surface area (Å²) in [6.45, 7) is 15.3. The number of halogens is 1. The fourth-order valence-electron chi connectivity index (χ4n) is 3.32. The summed E-state index contributed by atoms with van der Waals surface area (Å²) in [4.78, 5) is 11.0. The molecule has 1 saturated heterocycles. The second-order valence-corrected chi connectivity index (χ2v) is 8.49. The molecule has 0 bridgehead atoms. The number of nitrogens with one attached hydrogen (secondary N) is 1. The molecule has 0 saturated carbocycles. The van der Waals surface area contributed by atoms with Crippen LogP contribution in [0.2, 0.25) is 5.28 Å². The molecule has 0 aromatic carbocycles. The van der Waals surface area contributed by atoms with Crippen LogP contribution in [0.15, 0.2) is 6.07 Å². The van der Waals surface area contributed by atoms with Crippen molar-refractivity contribution in [3.05, 3.63) is 17.0 Å². The molecular weight excluding hydrogens is 312 g/mol. The first-order valence-electron chi connectivity index (χ1n) is 8.25. The van der Waals surface area contributed by atoms with Gasteiger partial charge in [0.15, 0.2) is 0 Å². The van der Waals surface area contributed by atoms with Gasteiger partial charge < -0.3 is 10.1 Å². The molecule has 130 valence electrons. The molecule has 1 aromatic heterocycles. The van der Waals surface area contributed by atoms with Crippen molar-refractivity contribution in [3.63, 3.8) is 0 Å². The predicted molar refractivity (Wildman–Crippen MR) is 94.9 cm³/mol. The maximum atomic E-state index is 6.12. The minimum absolute atomic E-state index is 0.0633. The van der Waals surface area contributed by atoms with Gasteiger partial charge in [-0.1, -0.05) is 20.8 Å². The van der Waals surface area contributed by atoms with Crippen LogP contribution in [0.4, 0.5) is 5.82 Å². The fourth-order valence-corrected chi connectivity index (χ4v) is 3.52. The molecule has 0 amide bonds. The molecule has 23 heavy (non-hydrogen) atoms. The largest absolute Gasteiger partial charge is 0.379 e. The van der Waals surface area contributed by atoms with Gasteiger partial charge in [-0.3, -0.25) is 4.90 Å². The van der Waals surface area contributed by atoms with Gasteiger partial charge in [-0.2, -0.15) is 0 Å². The van der Waals surface area contributed by atoms with E-state index < -0.39 is 0 Å². The number of anilines is 1. The monoisotopic (exact) mass is 340 g/mol. The lowest BCUT2D eigenvalue weighted by Gasteiger charge is -2.34. The zero-order valence-corrected chi connectivity index (χ0v) is 15.7. The summed E-state index contributed by atoms with van der Waals surface area (Å²) in [6, 6.07) is 2.01. The fraction of sp³-hybridized carbons (Fsp3) is 0.765. The second-order valence-electron chi connectivity index (χ2n) is 8.15. The molecule has 5 nitrogen and oxygen atoms in total. The minimum atomic E-state index is -0.0633. The van der Waals surface area contributed by atoms with Crippen LogP contribution in [-0.2, 0) is 11.3 Å². The summed E-state index contributed by atoms with van der Waals surface area (Å²) in [5.41, 5.74) is 1.12. The topological polar surface area (TPSA) is 50.3 Å². The minimum Gasteiger partial charge on any atom is -0.379 e. The average Bonchev–Trinajstić information content (AvgIpc) is 2.35. The lowest BCUT2D eigenvalue weighted by Crippen LogP contribution is -2.37. The van der Waals surface area contributed by atoms with Gasteiger partial charge in [-0.25, -0.2) is 9.97 Å². The van der Waals surface area contributed by atoms with Gasteiger partial charge in [0.1, 0.15) is 5.82 Å². The highest BCUT2D eigenvalue weighted by atomic mass is 35.5. The summed E-state index contributed by atoms with van der Waals surface area (Å²) in [6.07, 6.45) is 1.03. The number of nitrogens with zero attached hydrogens (tertiary/aromatic N) is 3. The number of hydrogen-bond donors (Lipinski definition) is 1. The van der Waals surface area contributed by atoms with Crippen LogP contribution in [-0.4, -0.2) is 46.7 Å². The molecule has 0 spiro atoms. The standard InChI is InChI=1S/C17H29ClN4O/c1-16(2,3)12-17(4,5)21-14-10-13(19-15(18)20-14)11-22-6-8-23-9-7-22/h10H,6-9,11-12H2,1-5H3,(H,19,20,21). The molecule has 1 N–H and O–H groups in total. The van der Waals surface area contributed by atoms with E-state index in [2.05, 4.69) is 54.8 Å². The highest BCUT2D eigenvalue weighted by molar-refractivity contribution is 6.28. The van der Waals surface area contributed by atoms with Crippen molar-refractivity contribution in [2.24, 2.45) is 5.41 Å². The van der Waals surface area contributed by atoms with E-state index in [1.54, 1.807) is 0 Å². The number of hydrogen-bond acceptors (Lipinski definition) is 5. The Kier molecular flexibility index (Phi) is 5.87. The molecule has 6 heteroatoms. The average molecular weight is 341 g/mol. The smallest absolute Gasteiger partial charge is 0.224 e. The first-order valence-corrected chi connectivity index (χ1v) is 8.63. The van der Waals surface area contributed by atoms with Crippen LogP contribution in [0.5, 0.6) is 0 Å².